The summed E-state index contributed by atoms with van der Waals surface area (Å²) >= 11 is 5.85. The van der Waals surface area contributed by atoms with Gasteiger partial charge in [0.2, 0.25) is 0 Å². The van der Waals surface area contributed by atoms with Crippen LogP contribution in [-0.2, 0) is 4.74 Å². The number of pyridine rings is 1. The van der Waals surface area contributed by atoms with Crippen molar-refractivity contribution in [1.82, 2.24) is 10.3 Å². The molecule has 0 spiro atoms. The molecule has 0 radical (unpaired) electrons. The van der Waals surface area contributed by atoms with E-state index in [2.05, 4.69) is 10.3 Å². The topological polar surface area (TPSA) is 94.4 Å². The first kappa shape index (κ1) is 15.7. The molecule has 1 saturated heterocycles. The van der Waals surface area contributed by atoms with E-state index in [1.54, 1.807) is 0 Å². The highest BCUT2D eigenvalue weighted by Crippen LogP contribution is 2.21. The predicted octanol–water partition coefficient (Wildman–Crippen LogP) is 2.19. The Hall–Kier alpha value is -1.73. The Kier molecular flexibility index (Phi) is 5.08. The zero-order valence-electron chi connectivity index (χ0n) is 11.5. The Bertz CT molecular complexity index is 546. The van der Waals surface area contributed by atoms with Crippen LogP contribution in [0.15, 0.2) is 12.3 Å². The fraction of sp³-hybridized carbons (Fsp3) is 0.538. The number of nitrogens with one attached hydrogen (secondary N) is 1. The molecule has 7 nitrogen and oxygen atoms in total. The number of carbonyl (C=O) groups excluding carboxylic acids is 1. The highest BCUT2D eigenvalue weighted by molar-refractivity contribution is 6.32. The molecule has 21 heavy (non-hydrogen) atoms. The zero-order chi connectivity index (χ0) is 15.4. The van der Waals surface area contributed by atoms with Gasteiger partial charge in [0.25, 0.3) is 11.6 Å². The van der Waals surface area contributed by atoms with Gasteiger partial charge in [0, 0.05) is 25.3 Å². The van der Waals surface area contributed by atoms with Crippen molar-refractivity contribution in [3.05, 3.63) is 33.1 Å². The molecule has 0 bridgehead atoms. The van der Waals surface area contributed by atoms with Crippen LogP contribution in [0.3, 0.4) is 0 Å². The second-order valence-electron chi connectivity index (χ2n) is 5.00. The molecule has 114 valence electrons. The molecule has 1 aliphatic rings. The average Bonchev–Trinajstić information content (AvgIpc) is 2.48. The van der Waals surface area contributed by atoms with Crippen molar-refractivity contribution in [2.45, 2.75) is 25.8 Å². The largest absolute Gasteiger partial charge is 0.381 e. The molecule has 1 fully saturated rings. The molecule has 1 aromatic heterocycles. The lowest BCUT2D eigenvalue weighted by Gasteiger charge is -2.28. The lowest BCUT2D eigenvalue weighted by atomic mass is 9.93. The number of rotatable bonds is 4. The van der Waals surface area contributed by atoms with Crippen LogP contribution in [0.25, 0.3) is 0 Å². The van der Waals surface area contributed by atoms with Crippen molar-refractivity contribution >= 4 is 23.2 Å². The maximum Gasteiger partial charge on any atom is 0.288 e. The molecule has 8 heteroatoms. The summed E-state index contributed by atoms with van der Waals surface area (Å²) in [6, 6.07) is 1.08. The van der Waals surface area contributed by atoms with Crippen LogP contribution in [0.2, 0.25) is 5.15 Å². The molecule has 1 unspecified atom stereocenters. The lowest BCUT2D eigenvalue weighted by Crippen LogP contribution is -2.40. The fourth-order valence-corrected chi connectivity index (χ4v) is 2.50. The third kappa shape index (κ3) is 3.89. The number of carbonyl (C=O) groups is 1. The Morgan fingerprint density at radius 2 is 2.24 bits per heavy atom. The molecular formula is C13H16ClN3O4. The summed E-state index contributed by atoms with van der Waals surface area (Å²) in [5.41, 5.74) is -0.243. The van der Waals surface area contributed by atoms with Crippen LogP contribution in [0.5, 0.6) is 0 Å². The highest BCUT2D eigenvalue weighted by Gasteiger charge is 2.24. The molecule has 1 atom stereocenters. The van der Waals surface area contributed by atoms with Crippen molar-refractivity contribution in [3.63, 3.8) is 0 Å². The maximum atomic E-state index is 12.2. The molecule has 0 saturated carbocycles. The smallest absolute Gasteiger partial charge is 0.288 e. The number of hydrogen-bond donors (Lipinski definition) is 1. The summed E-state index contributed by atoms with van der Waals surface area (Å²) < 4.78 is 5.28. The minimum atomic E-state index is -0.609. The molecule has 1 aromatic rings. The second-order valence-corrected chi connectivity index (χ2v) is 5.36. The van der Waals surface area contributed by atoms with Crippen LogP contribution in [0, 0.1) is 16.0 Å². The minimum absolute atomic E-state index is 0.0183. The number of ether oxygens (including phenoxy) is 1. The van der Waals surface area contributed by atoms with E-state index in [9.17, 15) is 14.9 Å². The number of halogens is 1. The van der Waals surface area contributed by atoms with E-state index in [1.807, 2.05) is 6.92 Å². The first-order chi connectivity index (χ1) is 9.99. The SMILES string of the molecule is CC(NC(=O)c1cc([N+](=O)[O-])cnc1Cl)C1CCOCC1. The van der Waals surface area contributed by atoms with Crippen LogP contribution >= 0.6 is 11.6 Å². The Morgan fingerprint density at radius 1 is 1.57 bits per heavy atom. The van der Waals surface area contributed by atoms with E-state index in [-0.39, 0.29) is 22.4 Å². The summed E-state index contributed by atoms with van der Waals surface area (Å²) in [7, 11) is 0. The maximum absolute atomic E-state index is 12.2. The molecule has 2 heterocycles. The fourth-order valence-electron chi connectivity index (χ4n) is 2.31. The van der Waals surface area contributed by atoms with E-state index < -0.39 is 10.8 Å². The third-order valence-corrected chi connectivity index (χ3v) is 3.91. The van der Waals surface area contributed by atoms with Crippen molar-refractivity contribution < 1.29 is 14.5 Å². The van der Waals surface area contributed by atoms with Gasteiger partial charge in [-0.3, -0.25) is 14.9 Å². The standard InChI is InChI=1S/C13H16ClN3O4/c1-8(9-2-4-21-5-3-9)16-13(18)11-6-10(17(19)20)7-15-12(11)14/h6-9H,2-5H2,1H3,(H,16,18). The van der Waals surface area contributed by atoms with Crippen molar-refractivity contribution in [2.24, 2.45) is 5.92 Å². The highest BCUT2D eigenvalue weighted by atomic mass is 35.5. The van der Waals surface area contributed by atoms with Crippen LogP contribution in [0.1, 0.15) is 30.1 Å². The van der Waals surface area contributed by atoms with E-state index in [0.717, 1.165) is 25.1 Å². The number of nitrogens with zero attached hydrogens (tertiary/aromatic N) is 2. The predicted molar refractivity (Wildman–Crippen MR) is 76.4 cm³/mol. The Morgan fingerprint density at radius 3 is 2.86 bits per heavy atom. The summed E-state index contributed by atoms with van der Waals surface area (Å²) in [6.45, 7) is 3.28. The van der Waals surface area contributed by atoms with Gasteiger partial charge in [-0.15, -0.1) is 0 Å². The minimum Gasteiger partial charge on any atom is -0.381 e. The molecular weight excluding hydrogens is 298 g/mol. The summed E-state index contributed by atoms with van der Waals surface area (Å²) in [4.78, 5) is 26.0. The molecule has 0 aliphatic carbocycles. The normalized spacial score (nSPS) is 17.2. The molecule has 1 N–H and O–H groups in total. The van der Waals surface area contributed by atoms with Crippen LogP contribution in [-0.4, -0.2) is 35.1 Å². The molecule has 2 rings (SSSR count). The molecule has 1 aliphatic heterocycles. The lowest BCUT2D eigenvalue weighted by molar-refractivity contribution is -0.385. The number of aromatic nitrogens is 1. The van der Waals surface area contributed by atoms with Gasteiger partial charge in [0.15, 0.2) is 0 Å². The van der Waals surface area contributed by atoms with Crippen molar-refractivity contribution in [2.75, 3.05) is 13.2 Å². The van der Waals surface area contributed by atoms with Gasteiger partial charge in [0.05, 0.1) is 10.5 Å². The molecule has 1 amide bonds. The van der Waals surface area contributed by atoms with Gasteiger partial charge in [-0.2, -0.15) is 0 Å². The van der Waals surface area contributed by atoms with Crippen molar-refractivity contribution in [1.29, 1.82) is 0 Å². The molecule has 0 aromatic carbocycles. The first-order valence-electron chi connectivity index (χ1n) is 6.67. The van der Waals surface area contributed by atoms with E-state index in [0.29, 0.717) is 19.1 Å². The van der Waals surface area contributed by atoms with Crippen molar-refractivity contribution in [3.8, 4) is 0 Å². The van der Waals surface area contributed by atoms with Crippen LogP contribution < -0.4 is 5.32 Å². The van der Waals surface area contributed by atoms with Gasteiger partial charge >= 0.3 is 0 Å². The van der Waals surface area contributed by atoms with Gasteiger partial charge in [-0.1, -0.05) is 11.6 Å². The Balaban J connectivity index is 2.08. The average molecular weight is 314 g/mol. The number of nitro groups is 1. The first-order valence-corrected chi connectivity index (χ1v) is 7.05. The number of hydrogen-bond acceptors (Lipinski definition) is 5. The van der Waals surface area contributed by atoms with E-state index in [1.165, 1.54) is 0 Å². The van der Waals surface area contributed by atoms with Gasteiger partial charge in [-0.05, 0) is 25.7 Å². The van der Waals surface area contributed by atoms with Gasteiger partial charge < -0.3 is 10.1 Å². The summed E-state index contributed by atoms with van der Waals surface area (Å²) in [5, 5.41) is 13.5. The number of amides is 1. The third-order valence-electron chi connectivity index (χ3n) is 3.61. The summed E-state index contributed by atoms with van der Waals surface area (Å²) in [6.07, 6.45) is 2.78. The van der Waals surface area contributed by atoms with Crippen LogP contribution in [0.4, 0.5) is 5.69 Å². The van der Waals surface area contributed by atoms with Gasteiger partial charge in [-0.25, -0.2) is 4.98 Å². The van der Waals surface area contributed by atoms with E-state index in [4.69, 9.17) is 16.3 Å². The second kappa shape index (κ2) is 6.82. The summed E-state index contributed by atoms with van der Waals surface area (Å²) in [5.74, 6) is -0.122. The zero-order valence-corrected chi connectivity index (χ0v) is 12.3. The monoisotopic (exact) mass is 313 g/mol. The van der Waals surface area contributed by atoms with Gasteiger partial charge in [0.1, 0.15) is 11.3 Å². The van der Waals surface area contributed by atoms with E-state index >= 15 is 0 Å². The Labute approximate surface area is 126 Å². The quantitative estimate of drug-likeness (QED) is 0.522.